The first-order valence-electron chi connectivity index (χ1n) is 10.7. The Hall–Kier alpha value is -3.71. The van der Waals surface area contributed by atoms with E-state index in [9.17, 15) is 0 Å². The van der Waals surface area contributed by atoms with Crippen molar-refractivity contribution in [1.29, 1.82) is 0 Å². The van der Waals surface area contributed by atoms with E-state index in [-0.39, 0.29) is 0 Å². The summed E-state index contributed by atoms with van der Waals surface area (Å²) < 4.78 is 0. The average molecular weight is 441 g/mol. The number of hydrogen-bond donors (Lipinski definition) is 2. The molecule has 7 heteroatoms. The van der Waals surface area contributed by atoms with Crippen LogP contribution in [0.4, 0.5) is 23.1 Å². The third-order valence-corrected chi connectivity index (χ3v) is 5.74. The minimum absolute atomic E-state index is 0.464. The molecule has 0 amide bonds. The normalized spacial score (nSPS) is 13.8. The third-order valence-electron chi connectivity index (χ3n) is 5.54. The molecule has 0 atom stereocenters. The van der Waals surface area contributed by atoms with E-state index >= 15 is 0 Å². The van der Waals surface area contributed by atoms with Crippen LogP contribution in [0.5, 0.6) is 0 Å². The highest BCUT2D eigenvalue weighted by Gasteiger charge is 2.21. The van der Waals surface area contributed by atoms with Crippen LogP contribution in [0, 0.1) is 0 Å². The number of para-hydroxylation sites is 3. The van der Waals surface area contributed by atoms with Crippen LogP contribution < -0.4 is 20.4 Å². The fourth-order valence-electron chi connectivity index (χ4n) is 3.96. The molecule has 0 aliphatic carbocycles. The number of nitrogens with one attached hydrogen (secondary N) is 2. The molecule has 0 radical (unpaired) electrons. The van der Waals surface area contributed by atoms with E-state index in [2.05, 4.69) is 61.8 Å². The summed E-state index contributed by atoms with van der Waals surface area (Å²) in [6.45, 7) is 3.67. The number of piperazine rings is 1. The number of aromatic nitrogens is 2. The van der Waals surface area contributed by atoms with Crippen molar-refractivity contribution in [3.63, 3.8) is 0 Å². The maximum atomic E-state index is 5.49. The SMILES string of the molecule is S=C(Nc1ccccc1)Nc1nc(N2CCN(c3ccccc3)CC2)c2ccccc2n1. The van der Waals surface area contributed by atoms with Gasteiger partial charge < -0.3 is 20.4 Å². The Kier molecular flexibility index (Phi) is 5.81. The van der Waals surface area contributed by atoms with E-state index in [0.717, 1.165) is 48.6 Å². The molecule has 2 heterocycles. The minimum atomic E-state index is 0.464. The van der Waals surface area contributed by atoms with Crippen LogP contribution in [0.2, 0.25) is 0 Å². The first-order chi connectivity index (χ1) is 15.8. The summed E-state index contributed by atoms with van der Waals surface area (Å²) in [7, 11) is 0. The van der Waals surface area contributed by atoms with Gasteiger partial charge in [-0.1, -0.05) is 48.5 Å². The molecule has 5 rings (SSSR count). The molecule has 1 aliphatic heterocycles. The summed E-state index contributed by atoms with van der Waals surface area (Å²) >= 11 is 5.49. The summed E-state index contributed by atoms with van der Waals surface area (Å²) in [6.07, 6.45) is 0. The number of nitrogens with zero attached hydrogens (tertiary/aromatic N) is 4. The molecule has 4 aromatic rings. The molecule has 160 valence electrons. The van der Waals surface area contributed by atoms with E-state index in [1.807, 2.05) is 48.5 Å². The second kappa shape index (κ2) is 9.20. The molecule has 3 aromatic carbocycles. The summed E-state index contributed by atoms with van der Waals surface area (Å²) in [5.41, 5.74) is 3.08. The van der Waals surface area contributed by atoms with Gasteiger partial charge in [-0.25, -0.2) is 4.98 Å². The van der Waals surface area contributed by atoms with Crippen molar-refractivity contribution >= 4 is 51.4 Å². The van der Waals surface area contributed by atoms with E-state index in [0.29, 0.717) is 11.1 Å². The number of anilines is 4. The van der Waals surface area contributed by atoms with E-state index in [4.69, 9.17) is 17.2 Å². The maximum Gasteiger partial charge on any atom is 0.231 e. The highest BCUT2D eigenvalue weighted by molar-refractivity contribution is 7.80. The van der Waals surface area contributed by atoms with Crippen molar-refractivity contribution in [2.24, 2.45) is 0 Å². The summed E-state index contributed by atoms with van der Waals surface area (Å²) in [4.78, 5) is 14.3. The van der Waals surface area contributed by atoms with E-state index in [1.54, 1.807) is 0 Å². The van der Waals surface area contributed by atoms with Gasteiger partial charge in [-0.05, 0) is 48.6 Å². The monoisotopic (exact) mass is 440 g/mol. The second-order valence-electron chi connectivity index (χ2n) is 7.64. The van der Waals surface area contributed by atoms with Gasteiger partial charge in [0.1, 0.15) is 5.82 Å². The van der Waals surface area contributed by atoms with Crippen molar-refractivity contribution < 1.29 is 0 Å². The fourth-order valence-corrected chi connectivity index (χ4v) is 4.17. The smallest absolute Gasteiger partial charge is 0.231 e. The number of rotatable bonds is 4. The molecule has 2 N–H and O–H groups in total. The lowest BCUT2D eigenvalue weighted by Crippen LogP contribution is -2.47. The standard InChI is InChI=1S/C25H24N6S/c32-25(26-19-9-3-1-4-10-19)29-24-27-22-14-8-7-13-21(22)23(28-24)31-17-15-30(16-18-31)20-11-5-2-6-12-20/h1-14H,15-18H2,(H2,26,27,28,29,32). The molecule has 1 aromatic heterocycles. The molecule has 0 bridgehead atoms. The van der Waals surface area contributed by atoms with Gasteiger partial charge in [-0.3, -0.25) is 0 Å². The number of thiocarbonyl (C=S) groups is 1. The van der Waals surface area contributed by atoms with Crippen molar-refractivity contribution in [3.8, 4) is 0 Å². The zero-order chi connectivity index (χ0) is 21.8. The van der Waals surface area contributed by atoms with Gasteiger partial charge in [-0.2, -0.15) is 4.98 Å². The van der Waals surface area contributed by atoms with Gasteiger partial charge in [0.15, 0.2) is 5.11 Å². The number of fused-ring (bicyclic) bond motifs is 1. The summed E-state index contributed by atoms with van der Waals surface area (Å²) in [6, 6.07) is 28.5. The van der Waals surface area contributed by atoms with Crippen molar-refractivity contribution in [3.05, 3.63) is 84.9 Å². The largest absolute Gasteiger partial charge is 0.368 e. The van der Waals surface area contributed by atoms with Gasteiger partial charge in [0.25, 0.3) is 0 Å². The Morgan fingerprint density at radius 2 is 1.31 bits per heavy atom. The minimum Gasteiger partial charge on any atom is -0.368 e. The van der Waals surface area contributed by atoms with Crippen molar-refractivity contribution in [2.75, 3.05) is 46.6 Å². The van der Waals surface area contributed by atoms with Gasteiger partial charge in [0.2, 0.25) is 5.95 Å². The maximum absolute atomic E-state index is 5.49. The topological polar surface area (TPSA) is 56.3 Å². The van der Waals surface area contributed by atoms with E-state index < -0.39 is 0 Å². The van der Waals surface area contributed by atoms with Crippen LogP contribution in [0.15, 0.2) is 84.9 Å². The quantitative estimate of drug-likeness (QED) is 0.444. The molecule has 1 fully saturated rings. The molecule has 32 heavy (non-hydrogen) atoms. The van der Waals surface area contributed by atoms with Crippen LogP contribution in [-0.2, 0) is 0 Å². The van der Waals surface area contributed by atoms with Gasteiger partial charge in [0, 0.05) is 42.9 Å². The molecule has 1 saturated heterocycles. The second-order valence-corrected chi connectivity index (χ2v) is 8.05. The van der Waals surface area contributed by atoms with E-state index in [1.165, 1.54) is 5.69 Å². The average Bonchev–Trinajstić information content (AvgIpc) is 2.85. The van der Waals surface area contributed by atoms with Crippen molar-refractivity contribution in [1.82, 2.24) is 9.97 Å². The Morgan fingerprint density at radius 3 is 2.06 bits per heavy atom. The lowest BCUT2D eigenvalue weighted by Gasteiger charge is -2.37. The predicted octanol–water partition coefficient (Wildman–Crippen LogP) is 4.77. The summed E-state index contributed by atoms with van der Waals surface area (Å²) in [5.74, 6) is 1.44. The van der Waals surface area contributed by atoms with Crippen LogP contribution in [-0.4, -0.2) is 41.3 Å². The predicted molar refractivity (Wildman–Crippen MR) is 137 cm³/mol. The highest BCUT2D eigenvalue weighted by Crippen LogP contribution is 2.27. The van der Waals surface area contributed by atoms with Gasteiger partial charge in [0.05, 0.1) is 5.52 Å². The molecule has 0 unspecified atom stereocenters. The highest BCUT2D eigenvalue weighted by atomic mass is 32.1. The molecule has 0 spiro atoms. The summed E-state index contributed by atoms with van der Waals surface area (Å²) in [5, 5.41) is 7.85. The lowest BCUT2D eigenvalue weighted by molar-refractivity contribution is 0.649. The van der Waals surface area contributed by atoms with Crippen LogP contribution in [0.25, 0.3) is 10.9 Å². The third kappa shape index (κ3) is 4.48. The molecular weight excluding hydrogens is 416 g/mol. The Bertz CT molecular complexity index is 1210. The van der Waals surface area contributed by atoms with Crippen LogP contribution in [0.3, 0.4) is 0 Å². The number of hydrogen-bond acceptors (Lipinski definition) is 5. The van der Waals surface area contributed by atoms with Gasteiger partial charge in [-0.15, -0.1) is 0 Å². The zero-order valence-corrected chi connectivity index (χ0v) is 18.4. The molecule has 6 nitrogen and oxygen atoms in total. The first-order valence-corrected chi connectivity index (χ1v) is 11.1. The lowest BCUT2D eigenvalue weighted by atomic mass is 10.2. The van der Waals surface area contributed by atoms with Crippen molar-refractivity contribution in [2.45, 2.75) is 0 Å². The zero-order valence-electron chi connectivity index (χ0n) is 17.6. The number of benzene rings is 3. The Morgan fingerprint density at radius 1 is 0.688 bits per heavy atom. The fraction of sp³-hybridized carbons (Fsp3) is 0.160. The molecular formula is C25H24N6S. The molecule has 1 aliphatic rings. The molecule has 0 saturated carbocycles. The Balaban J connectivity index is 1.36. The van der Waals surface area contributed by atoms with Crippen LogP contribution in [0.1, 0.15) is 0 Å². The Labute approximate surface area is 192 Å². The first kappa shape index (κ1) is 20.2. The van der Waals surface area contributed by atoms with Gasteiger partial charge >= 0.3 is 0 Å². The van der Waals surface area contributed by atoms with Crippen LogP contribution >= 0.6 is 12.2 Å².